The summed E-state index contributed by atoms with van der Waals surface area (Å²) in [5, 5.41) is 0. The second-order valence-corrected chi connectivity index (χ2v) is 5.23. The Labute approximate surface area is 90.8 Å². The van der Waals surface area contributed by atoms with Gasteiger partial charge < -0.3 is 0 Å². The Kier molecular flexibility index (Phi) is 2.07. The van der Waals surface area contributed by atoms with E-state index in [1.54, 1.807) is 0 Å². The predicted octanol–water partition coefficient (Wildman–Crippen LogP) is 3.56. The number of allylic oxidation sites excluding steroid dienone is 1. The van der Waals surface area contributed by atoms with Crippen molar-refractivity contribution in [3.05, 3.63) is 42.0 Å². The van der Waals surface area contributed by atoms with Gasteiger partial charge in [0, 0.05) is 5.56 Å². The molecule has 0 aromatic heterocycles. The van der Waals surface area contributed by atoms with Gasteiger partial charge in [-0.25, -0.2) is 0 Å². The Morgan fingerprint density at radius 2 is 1.67 bits per heavy atom. The molecule has 0 heterocycles. The van der Waals surface area contributed by atoms with E-state index < -0.39 is 0 Å². The zero-order chi connectivity index (χ0) is 11.2. The van der Waals surface area contributed by atoms with Crippen molar-refractivity contribution < 1.29 is 4.79 Å². The highest BCUT2D eigenvalue weighted by atomic mass is 16.1. The number of benzene rings is 1. The first kappa shape index (κ1) is 10.2. The van der Waals surface area contributed by atoms with Gasteiger partial charge in [0.1, 0.15) is 0 Å². The molecule has 0 saturated heterocycles. The Morgan fingerprint density at radius 3 is 2.13 bits per heavy atom. The van der Waals surface area contributed by atoms with Gasteiger partial charge in [0.15, 0.2) is 5.78 Å². The number of fused-ring (bicyclic) bond motifs is 1. The highest BCUT2D eigenvalue weighted by Gasteiger charge is 2.40. The second kappa shape index (κ2) is 3.06. The molecular weight excluding hydrogens is 184 g/mol. The molecule has 1 nitrogen and oxygen atoms in total. The van der Waals surface area contributed by atoms with E-state index in [1.807, 2.05) is 24.3 Å². The van der Waals surface area contributed by atoms with Crippen LogP contribution in [-0.2, 0) is 0 Å². The van der Waals surface area contributed by atoms with Crippen LogP contribution in [0.25, 0.3) is 5.57 Å². The molecule has 0 amide bonds. The Morgan fingerprint density at radius 1 is 1.13 bits per heavy atom. The first-order valence-corrected chi connectivity index (χ1v) is 5.25. The fraction of sp³-hybridized carbons (Fsp3) is 0.357. The summed E-state index contributed by atoms with van der Waals surface area (Å²) in [6, 6.07) is 7.76. The molecule has 0 saturated carbocycles. The molecule has 0 fully saturated rings. The van der Waals surface area contributed by atoms with Crippen molar-refractivity contribution in [1.82, 2.24) is 0 Å². The van der Waals surface area contributed by atoms with Crippen molar-refractivity contribution in [3.63, 3.8) is 0 Å². The van der Waals surface area contributed by atoms with Crippen LogP contribution in [0.2, 0.25) is 0 Å². The van der Waals surface area contributed by atoms with Crippen LogP contribution in [0.3, 0.4) is 0 Å². The minimum atomic E-state index is -0.0603. The number of hydrogen-bond donors (Lipinski definition) is 0. The largest absolute Gasteiger partial charge is 0.293 e. The van der Waals surface area contributed by atoms with Gasteiger partial charge in [-0.2, -0.15) is 0 Å². The third kappa shape index (κ3) is 1.43. The second-order valence-electron chi connectivity index (χ2n) is 5.23. The SMILES string of the molecule is C=C1c2ccccc2C(=O)C1C(C)(C)C. The molecule has 1 heteroatoms. The van der Waals surface area contributed by atoms with Crippen LogP contribution in [0.5, 0.6) is 0 Å². The van der Waals surface area contributed by atoms with Crippen LogP contribution >= 0.6 is 0 Å². The molecule has 1 unspecified atom stereocenters. The molecule has 0 bridgehead atoms. The summed E-state index contributed by atoms with van der Waals surface area (Å²) in [7, 11) is 0. The average molecular weight is 200 g/mol. The van der Waals surface area contributed by atoms with E-state index in [0.29, 0.717) is 0 Å². The third-order valence-corrected chi connectivity index (χ3v) is 3.02. The van der Waals surface area contributed by atoms with E-state index >= 15 is 0 Å². The Bertz CT molecular complexity index is 400. The predicted molar refractivity (Wildman–Crippen MR) is 62.8 cm³/mol. The van der Waals surface area contributed by atoms with Gasteiger partial charge in [-0.3, -0.25) is 4.79 Å². The first-order chi connectivity index (χ1) is 6.93. The summed E-state index contributed by atoms with van der Waals surface area (Å²) < 4.78 is 0. The lowest BCUT2D eigenvalue weighted by Gasteiger charge is -2.26. The lowest BCUT2D eigenvalue weighted by Crippen LogP contribution is -2.24. The molecule has 2 rings (SSSR count). The smallest absolute Gasteiger partial charge is 0.171 e. The molecule has 1 aromatic rings. The quantitative estimate of drug-likeness (QED) is 0.625. The number of Topliss-reactive ketones (excluding diaryl/α,β-unsaturated/α-hetero) is 1. The normalized spacial score (nSPS) is 20.6. The fourth-order valence-corrected chi connectivity index (χ4v) is 2.36. The van der Waals surface area contributed by atoms with Gasteiger partial charge in [0.05, 0.1) is 5.92 Å². The average Bonchev–Trinajstić information content (AvgIpc) is 2.39. The molecule has 1 aromatic carbocycles. The standard InChI is InChI=1S/C14H16O/c1-9-10-7-5-6-8-11(10)13(15)12(9)14(2,3)4/h5-8,12H,1H2,2-4H3. The molecule has 15 heavy (non-hydrogen) atoms. The molecule has 0 spiro atoms. The maximum Gasteiger partial charge on any atom is 0.171 e. The summed E-state index contributed by atoms with van der Waals surface area (Å²) in [5.74, 6) is 0.165. The highest BCUT2D eigenvalue weighted by molar-refractivity contribution is 6.14. The monoisotopic (exact) mass is 200 g/mol. The van der Waals surface area contributed by atoms with E-state index in [-0.39, 0.29) is 17.1 Å². The van der Waals surface area contributed by atoms with E-state index in [4.69, 9.17) is 0 Å². The molecule has 1 aliphatic rings. The zero-order valence-corrected chi connectivity index (χ0v) is 9.50. The van der Waals surface area contributed by atoms with Crippen molar-refractivity contribution in [1.29, 1.82) is 0 Å². The molecule has 1 aliphatic carbocycles. The topological polar surface area (TPSA) is 17.1 Å². The van der Waals surface area contributed by atoms with Crippen molar-refractivity contribution in [3.8, 4) is 0 Å². The van der Waals surface area contributed by atoms with Crippen molar-refractivity contribution in [2.45, 2.75) is 20.8 Å². The molecule has 1 atom stereocenters. The lowest BCUT2D eigenvalue weighted by molar-refractivity contribution is 0.0892. The van der Waals surface area contributed by atoms with Crippen molar-refractivity contribution >= 4 is 11.4 Å². The first-order valence-electron chi connectivity index (χ1n) is 5.25. The number of ketones is 1. The minimum absolute atomic E-state index is 0.0484. The number of rotatable bonds is 0. The van der Waals surface area contributed by atoms with Crippen LogP contribution in [0.1, 0.15) is 36.7 Å². The van der Waals surface area contributed by atoms with E-state index in [9.17, 15) is 4.79 Å². The fourth-order valence-electron chi connectivity index (χ4n) is 2.36. The molecule has 0 aliphatic heterocycles. The van der Waals surface area contributed by atoms with E-state index in [2.05, 4.69) is 27.4 Å². The summed E-state index contributed by atoms with van der Waals surface area (Å²) in [5.41, 5.74) is 2.79. The van der Waals surface area contributed by atoms with E-state index in [0.717, 1.165) is 16.7 Å². The highest BCUT2D eigenvalue weighted by Crippen LogP contribution is 2.44. The van der Waals surface area contributed by atoms with Crippen LogP contribution in [0.15, 0.2) is 30.8 Å². The lowest BCUT2D eigenvalue weighted by atomic mass is 9.76. The van der Waals surface area contributed by atoms with Crippen LogP contribution in [0, 0.1) is 11.3 Å². The maximum atomic E-state index is 12.2. The summed E-state index contributed by atoms with van der Waals surface area (Å²) >= 11 is 0. The molecule has 0 radical (unpaired) electrons. The summed E-state index contributed by atoms with van der Waals surface area (Å²) in [4.78, 5) is 12.2. The van der Waals surface area contributed by atoms with Gasteiger partial charge in [-0.15, -0.1) is 0 Å². The van der Waals surface area contributed by atoms with Gasteiger partial charge in [0.2, 0.25) is 0 Å². The number of carbonyl (C=O) groups excluding carboxylic acids is 1. The molecule has 0 N–H and O–H groups in total. The van der Waals surface area contributed by atoms with E-state index in [1.165, 1.54) is 0 Å². The van der Waals surface area contributed by atoms with Gasteiger partial charge in [-0.05, 0) is 16.6 Å². The number of carbonyl (C=O) groups is 1. The van der Waals surface area contributed by atoms with Gasteiger partial charge >= 0.3 is 0 Å². The Balaban J connectivity index is 2.55. The van der Waals surface area contributed by atoms with Crippen molar-refractivity contribution in [2.75, 3.05) is 0 Å². The van der Waals surface area contributed by atoms with Crippen LogP contribution in [-0.4, -0.2) is 5.78 Å². The van der Waals surface area contributed by atoms with Gasteiger partial charge in [0.25, 0.3) is 0 Å². The third-order valence-electron chi connectivity index (χ3n) is 3.02. The zero-order valence-electron chi connectivity index (χ0n) is 9.50. The summed E-state index contributed by atoms with van der Waals surface area (Å²) in [6.07, 6.45) is 0. The summed E-state index contributed by atoms with van der Waals surface area (Å²) in [6.45, 7) is 10.3. The van der Waals surface area contributed by atoms with Crippen LogP contribution < -0.4 is 0 Å². The molecular formula is C14H16O. The van der Waals surface area contributed by atoms with Gasteiger partial charge in [-0.1, -0.05) is 51.6 Å². The Hall–Kier alpha value is -1.37. The minimum Gasteiger partial charge on any atom is -0.293 e. The number of hydrogen-bond acceptors (Lipinski definition) is 1. The maximum absolute atomic E-state index is 12.2. The van der Waals surface area contributed by atoms with Crippen LogP contribution in [0.4, 0.5) is 0 Å². The molecule has 78 valence electrons. The van der Waals surface area contributed by atoms with Crippen molar-refractivity contribution in [2.24, 2.45) is 11.3 Å².